The lowest BCUT2D eigenvalue weighted by Gasteiger charge is -2.16. The number of nitrogens with two attached hydrogens (primary N) is 1. The molecule has 2 aromatic carbocycles. The summed E-state index contributed by atoms with van der Waals surface area (Å²) in [4.78, 5) is 4.46. The van der Waals surface area contributed by atoms with E-state index in [1.165, 1.54) is 5.56 Å². The molecule has 162 valence electrons. The van der Waals surface area contributed by atoms with Crippen molar-refractivity contribution >= 4 is 16.6 Å². The van der Waals surface area contributed by atoms with Crippen molar-refractivity contribution in [3.63, 3.8) is 0 Å². The molecule has 3 aromatic heterocycles. The third-order valence-corrected chi connectivity index (χ3v) is 5.65. The first-order chi connectivity index (χ1) is 15.8. The highest BCUT2D eigenvalue weighted by Gasteiger charge is 2.15. The van der Waals surface area contributed by atoms with Gasteiger partial charge < -0.3 is 14.9 Å². The monoisotopic (exact) mass is 426 g/mol. The number of rotatable bonds is 9. The fourth-order valence-electron chi connectivity index (χ4n) is 3.94. The Morgan fingerprint density at radius 3 is 2.66 bits per heavy atom. The largest absolute Gasteiger partial charge is 0.472 e. The number of unbranched alkanes of at least 4 members (excludes halogenated alkanes) is 1. The summed E-state index contributed by atoms with van der Waals surface area (Å²) in [7, 11) is 0. The molecular weight excluding hydrogens is 400 g/mol. The molecule has 2 N–H and O–H groups in total. The quantitative estimate of drug-likeness (QED) is 0.325. The molecule has 6 heteroatoms. The molecule has 5 aromatic rings. The van der Waals surface area contributed by atoms with Crippen LogP contribution in [0.5, 0.6) is 5.88 Å². The molecule has 0 bridgehead atoms. The van der Waals surface area contributed by atoms with Crippen molar-refractivity contribution in [1.82, 2.24) is 14.6 Å². The lowest BCUT2D eigenvalue weighted by molar-refractivity contribution is 0.185. The number of fused-ring (bicyclic) bond motifs is 2. The second-order valence-electron chi connectivity index (χ2n) is 7.94. The van der Waals surface area contributed by atoms with E-state index in [9.17, 15) is 0 Å². The molecule has 0 spiro atoms. The van der Waals surface area contributed by atoms with E-state index in [1.807, 2.05) is 48.5 Å². The molecular formula is C26H26N4O2. The van der Waals surface area contributed by atoms with Gasteiger partial charge in [-0.15, -0.1) is 5.10 Å². The first-order valence-corrected chi connectivity index (χ1v) is 11.0. The van der Waals surface area contributed by atoms with E-state index in [0.29, 0.717) is 12.4 Å². The van der Waals surface area contributed by atoms with Crippen molar-refractivity contribution in [2.45, 2.75) is 31.8 Å². The van der Waals surface area contributed by atoms with Gasteiger partial charge in [-0.1, -0.05) is 48.5 Å². The fourth-order valence-corrected chi connectivity index (χ4v) is 3.94. The Morgan fingerprint density at radius 1 is 0.969 bits per heavy atom. The Hall–Kier alpha value is -3.64. The number of aromatic nitrogens is 3. The first kappa shape index (κ1) is 20.3. The van der Waals surface area contributed by atoms with Gasteiger partial charge in [0, 0.05) is 18.0 Å². The molecule has 0 aliphatic rings. The van der Waals surface area contributed by atoms with Crippen LogP contribution in [0.4, 0.5) is 0 Å². The SMILES string of the molecule is NCC(CCCCc1ccccc1)Oc1ccc2ncc(-c3cc4ccccc4o3)n2n1. The van der Waals surface area contributed by atoms with Crippen molar-refractivity contribution in [1.29, 1.82) is 0 Å². The number of para-hydroxylation sites is 1. The molecule has 0 amide bonds. The van der Waals surface area contributed by atoms with Crippen molar-refractivity contribution in [2.24, 2.45) is 5.73 Å². The van der Waals surface area contributed by atoms with Gasteiger partial charge in [0.1, 0.15) is 17.4 Å². The summed E-state index contributed by atoms with van der Waals surface area (Å²) in [5.74, 6) is 1.26. The fraction of sp³-hybridized carbons (Fsp3) is 0.231. The zero-order valence-corrected chi connectivity index (χ0v) is 17.9. The number of furan rings is 1. The van der Waals surface area contributed by atoms with E-state index >= 15 is 0 Å². The summed E-state index contributed by atoms with van der Waals surface area (Å²) in [5, 5.41) is 5.71. The number of hydrogen-bond donors (Lipinski definition) is 1. The Morgan fingerprint density at radius 2 is 1.81 bits per heavy atom. The summed E-state index contributed by atoms with van der Waals surface area (Å²) >= 11 is 0. The average molecular weight is 427 g/mol. The van der Waals surface area contributed by atoms with E-state index in [2.05, 4.69) is 34.3 Å². The molecule has 0 aliphatic carbocycles. The van der Waals surface area contributed by atoms with Crippen LogP contribution in [0.15, 0.2) is 83.4 Å². The highest BCUT2D eigenvalue weighted by atomic mass is 16.5. The third-order valence-electron chi connectivity index (χ3n) is 5.65. The topological polar surface area (TPSA) is 78.6 Å². The number of nitrogens with zero attached hydrogens (tertiary/aromatic N) is 3. The molecule has 1 atom stereocenters. The number of benzene rings is 2. The average Bonchev–Trinajstić information content (AvgIpc) is 3.45. The lowest BCUT2D eigenvalue weighted by atomic mass is 10.1. The zero-order chi connectivity index (χ0) is 21.8. The van der Waals surface area contributed by atoms with Crippen LogP contribution in [0, 0.1) is 0 Å². The van der Waals surface area contributed by atoms with Gasteiger partial charge in [0.05, 0.1) is 6.20 Å². The van der Waals surface area contributed by atoms with Crippen LogP contribution >= 0.6 is 0 Å². The normalized spacial score (nSPS) is 12.4. The molecule has 0 saturated carbocycles. The second kappa shape index (κ2) is 9.24. The van der Waals surface area contributed by atoms with E-state index in [0.717, 1.165) is 53.8 Å². The number of ether oxygens (including phenoxy) is 1. The van der Waals surface area contributed by atoms with Gasteiger partial charge in [-0.3, -0.25) is 0 Å². The summed E-state index contributed by atoms with van der Waals surface area (Å²) < 4.78 is 13.9. The van der Waals surface area contributed by atoms with Crippen molar-refractivity contribution in [3.8, 4) is 17.3 Å². The van der Waals surface area contributed by atoms with Crippen molar-refractivity contribution < 1.29 is 9.15 Å². The third kappa shape index (κ3) is 4.36. The standard InChI is InChI=1S/C26H26N4O2/c27-17-21(12-6-4-10-19-8-2-1-3-9-19)31-26-15-14-25-28-18-22(30(25)29-26)24-16-20-11-5-7-13-23(20)32-24/h1-3,5,7-9,11,13-16,18,21H,4,6,10,12,17,27H2. The van der Waals surface area contributed by atoms with Crippen LogP contribution in [0.3, 0.4) is 0 Å². The maximum absolute atomic E-state index is 6.13. The smallest absolute Gasteiger partial charge is 0.232 e. The van der Waals surface area contributed by atoms with Crippen LogP contribution in [0.2, 0.25) is 0 Å². The molecule has 6 nitrogen and oxygen atoms in total. The molecule has 3 heterocycles. The summed E-state index contributed by atoms with van der Waals surface area (Å²) in [6.45, 7) is 0.450. The van der Waals surface area contributed by atoms with Crippen LogP contribution < -0.4 is 10.5 Å². The van der Waals surface area contributed by atoms with E-state index in [1.54, 1.807) is 10.7 Å². The van der Waals surface area contributed by atoms with Crippen LogP contribution in [-0.2, 0) is 6.42 Å². The maximum Gasteiger partial charge on any atom is 0.232 e. The van der Waals surface area contributed by atoms with E-state index < -0.39 is 0 Å². The molecule has 0 saturated heterocycles. The summed E-state index contributed by atoms with van der Waals surface area (Å²) in [6.07, 6.45) is 5.81. The van der Waals surface area contributed by atoms with Gasteiger partial charge in [0.15, 0.2) is 11.4 Å². The Kier molecular flexibility index (Phi) is 5.85. The van der Waals surface area contributed by atoms with Gasteiger partial charge in [0.25, 0.3) is 0 Å². The maximum atomic E-state index is 6.13. The van der Waals surface area contributed by atoms with Gasteiger partial charge in [0.2, 0.25) is 5.88 Å². The Balaban J connectivity index is 1.28. The van der Waals surface area contributed by atoms with Gasteiger partial charge in [-0.25, -0.2) is 9.50 Å². The second-order valence-corrected chi connectivity index (χ2v) is 7.94. The summed E-state index contributed by atoms with van der Waals surface area (Å²) in [5.41, 5.74) is 9.71. The zero-order valence-electron chi connectivity index (χ0n) is 17.9. The van der Waals surface area contributed by atoms with Gasteiger partial charge >= 0.3 is 0 Å². The van der Waals surface area contributed by atoms with Gasteiger partial charge in [-0.2, -0.15) is 0 Å². The predicted octanol–water partition coefficient (Wildman–Crippen LogP) is 5.26. The molecule has 0 radical (unpaired) electrons. The van der Waals surface area contributed by atoms with Crippen molar-refractivity contribution in [3.05, 3.63) is 84.6 Å². The molecule has 0 aliphatic heterocycles. The first-order valence-electron chi connectivity index (χ1n) is 11.0. The summed E-state index contributed by atoms with van der Waals surface area (Å²) in [6, 6.07) is 24.2. The number of aryl methyl sites for hydroxylation is 1. The van der Waals surface area contributed by atoms with Crippen molar-refractivity contribution in [2.75, 3.05) is 6.54 Å². The lowest BCUT2D eigenvalue weighted by Crippen LogP contribution is -2.27. The van der Waals surface area contributed by atoms with Crippen LogP contribution in [-0.4, -0.2) is 27.2 Å². The molecule has 5 rings (SSSR count). The minimum atomic E-state index is -0.0751. The number of imidazole rings is 1. The van der Waals surface area contributed by atoms with E-state index in [4.69, 9.17) is 14.9 Å². The Labute approximate surface area is 186 Å². The molecule has 32 heavy (non-hydrogen) atoms. The Bertz CT molecular complexity index is 1280. The number of hydrogen-bond acceptors (Lipinski definition) is 5. The molecule has 0 fully saturated rings. The minimum absolute atomic E-state index is 0.0751. The van der Waals surface area contributed by atoms with Gasteiger partial charge in [-0.05, 0) is 49.4 Å². The highest BCUT2D eigenvalue weighted by molar-refractivity contribution is 5.82. The minimum Gasteiger partial charge on any atom is -0.472 e. The van der Waals surface area contributed by atoms with E-state index in [-0.39, 0.29) is 6.10 Å². The molecule has 1 unspecified atom stereocenters. The van der Waals surface area contributed by atoms with Crippen LogP contribution in [0.25, 0.3) is 28.1 Å². The highest BCUT2D eigenvalue weighted by Crippen LogP contribution is 2.28. The van der Waals surface area contributed by atoms with Crippen LogP contribution in [0.1, 0.15) is 24.8 Å². The predicted molar refractivity (Wildman–Crippen MR) is 126 cm³/mol.